The van der Waals surface area contributed by atoms with Gasteiger partial charge in [-0.1, -0.05) is 206 Å². The van der Waals surface area contributed by atoms with Gasteiger partial charge in [-0.05, 0) is 45.9 Å². The van der Waals surface area contributed by atoms with Crippen molar-refractivity contribution in [2.45, 2.75) is 0 Å². The minimum absolute atomic E-state index is 0.160. The van der Waals surface area contributed by atoms with Gasteiger partial charge in [-0.3, -0.25) is 4.57 Å². The van der Waals surface area contributed by atoms with Crippen LogP contribution in [-0.4, -0.2) is 24.1 Å². The van der Waals surface area contributed by atoms with Crippen LogP contribution in [0.4, 0.5) is 0 Å². The number of hydrogen-bond acceptors (Lipinski definition) is 3. The lowest BCUT2D eigenvalue weighted by molar-refractivity contribution is 0.953. The van der Waals surface area contributed by atoms with Gasteiger partial charge in [-0.15, -0.1) is 0 Å². The molecule has 0 aliphatic heterocycles. The maximum atomic E-state index is 10.4. The molecular weight excluding hydrogens is 755 g/mol. The monoisotopic (exact) mass is 819 g/mol. The van der Waals surface area contributed by atoms with Crippen LogP contribution in [0.1, 0.15) is 38.4 Å². The maximum Gasteiger partial charge on any atom is 0.238 e. The van der Waals surface area contributed by atoms with Crippen LogP contribution >= 0.6 is 0 Å². The molecule has 0 radical (unpaired) electrons. The Morgan fingerprint density at radius 3 is 1.48 bits per heavy atom. The van der Waals surface area contributed by atoms with E-state index in [2.05, 4.69) is 4.98 Å². The van der Waals surface area contributed by atoms with Crippen molar-refractivity contribution in [3.05, 3.63) is 224 Å². The summed E-state index contributed by atoms with van der Waals surface area (Å²) in [6.07, 6.45) is 0. The normalized spacial score (nSPS) is 17.9. The minimum Gasteiger partial charge on any atom is -0.307 e. The number of hydrogen-bond donors (Lipinski definition) is 0. The Bertz CT molecular complexity index is 5190. The second-order valence-corrected chi connectivity index (χ2v) is 13.5. The van der Waals surface area contributed by atoms with Crippen LogP contribution in [0, 0.1) is 0 Å². The highest BCUT2D eigenvalue weighted by Gasteiger charge is 2.25. The van der Waals surface area contributed by atoms with Crippen molar-refractivity contribution in [3.8, 4) is 67.8 Å². The summed E-state index contributed by atoms with van der Waals surface area (Å²) < 4.78 is 259. The molecule has 5 nitrogen and oxygen atoms in total. The first-order chi connectivity index (χ1) is 42.4. The first-order valence-corrected chi connectivity index (χ1v) is 18.7. The van der Waals surface area contributed by atoms with Crippen LogP contribution in [0.25, 0.3) is 111 Å². The molecule has 12 aromatic rings. The number of para-hydroxylation sites is 2. The Balaban J connectivity index is 1.41. The summed E-state index contributed by atoms with van der Waals surface area (Å²) in [5, 5.41) is -2.47. The summed E-state index contributed by atoms with van der Waals surface area (Å²) in [4.78, 5) is 14.2. The van der Waals surface area contributed by atoms with Crippen LogP contribution in [0.15, 0.2) is 224 Å². The SMILES string of the molecule is [2H]c1c([2H])c([2H])c(-c2nc(-c3ccc(-c4ccccc4)cc3)nc(-n3c4c([2H])c([2H])c([2H])c([2H])c4c4c([2H])c([2H])c5c6c([2H])c([2H])c([2H])c([2H])c6n(-c6c([2H])c(-c7c([2H])c([2H])c([2H])c([2H])c7[2H])c([2H])c([2H])c6-c6c([2H])c([2H])c([2H])c([2H])c6[2H])c5c43)n2)c([2H])c1[2H]. The third-order valence-electron chi connectivity index (χ3n) is 10.1. The molecule has 0 atom stereocenters. The van der Waals surface area contributed by atoms with Crippen LogP contribution < -0.4 is 0 Å². The number of aromatic nitrogens is 5. The second kappa shape index (κ2) is 14.7. The van der Waals surface area contributed by atoms with Crippen LogP contribution in [-0.2, 0) is 0 Å². The average molecular weight is 820 g/mol. The predicted octanol–water partition coefficient (Wildman–Crippen LogP) is 14.4. The molecule has 0 saturated carbocycles. The molecule has 0 spiro atoms. The van der Waals surface area contributed by atoms with Crippen LogP contribution in [0.3, 0.4) is 0 Å². The largest absolute Gasteiger partial charge is 0.307 e. The number of fused-ring (bicyclic) bond motifs is 7. The number of benzene rings is 9. The molecule has 9 aromatic carbocycles. The zero-order valence-corrected chi connectivity index (χ0v) is 31.4. The van der Waals surface area contributed by atoms with Gasteiger partial charge in [-0.2, -0.15) is 9.97 Å². The van der Waals surface area contributed by atoms with Gasteiger partial charge in [0.1, 0.15) is 0 Å². The average Bonchev–Trinajstić information content (AvgIpc) is 1.49. The molecule has 3 aromatic heterocycles. The van der Waals surface area contributed by atoms with E-state index in [-0.39, 0.29) is 11.4 Å². The second-order valence-electron chi connectivity index (χ2n) is 13.5. The quantitative estimate of drug-likeness (QED) is 0.161. The zero-order chi connectivity index (χ0) is 65.4. The van der Waals surface area contributed by atoms with E-state index in [1.54, 1.807) is 36.4 Å². The zero-order valence-electron chi connectivity index (χ0n) is 59.4. The standard InChI is InChI=1S/C57H37N5/c1-5-17-38(18-6-1)40-29-31-43(32-30-40)56-58-55(42-23-11-4-12-24-42)59-57(60-56)62-51-28-16-14-26-47(51)49-36-35-48-46-25-13-15-27-50(46)61(53(48)54(49)62)52-37-44(39-19-7-2-8-20-39)33-34-45(52)41-21-9-3-10-22-41/h1-37H/i2D,3D,4D,7D,8D,9D,10D,11D,12D,13D,14D,15D,16D,19D,20D,21D,22D,23D,24D,25D,26D,27D,28D,33D,34D,35D,36D,37D. The predicted molar refractivity (Wildman–Crippen MR) is 256 cm³/mol. The highest BCUT2D eigenvalue weighted by Crippen LogP contribution is 2.44. The fourth-order valence-electron chi connectivity index (χ4n) is 7.36. The van der Waals surface area contributed by atoms with E-state index in [0.29, 0.717) is 5.56 Å². The molecule has 0 fully saturated rings. The fraction of sp³-hybridized carbons (Fsp3) is 0. The molecule has 0 unspecified atom stereocenters. The van der Waals surface area contributed by atoms with E-state index < -0.39 is 258 Å². The van der Waals surface area contributed by atoms with Crippen molar-refractivity contribution < 1.29 is 38.4 Å². The van der Waals surface area contributed by atoms with E-state index in [1.807, 2.05) is 18.2 Å². The van der Waals surface area contributed by atoms with Gasteiger partial charge in [0.05, 0.1) is 66.1 Å². The van der Waals surface area contributed by atoms with Gasteiger partial charge < -0.3 is 4.57 Å². The number of nitrogens with zero attached hydrogens (tertiary/aromatic N) is 5. The van der Waals surface area contributed by atoms with Gasteiger partial charge >= 0.3 is 0 Å². The molecule has 290 valence electrons. The molecule has 3 heterocycles. The first kappa shape index (κ1) is 17.3. The van der Waals surface area contributed by atoms with Gasteiger partial charge in [0.2, 0.25) is 5.95 Å². The Kier molecular flexibility index (Phi) is 4.10. The lowest BCUT2D eigenvalue weighted by Gasteiger charge is -2.17. The van der Waals surface area contributed by atoms with Crippen molar-refractivity contribution in [2.24, 2.45) is 0 Å². The van der Waals surface area contributed by atoms with E-state index in [4.69, 9.17) is 33.3 Å². The van der Waals surface area contributed by atoms with Gasteiger partial charge in [0.15, 0.2) is 11.6 Å². The molecule has 0 bridgehead atoms. The number of rotatable bonds is 7. The maximum absolute atomic E-state index is 10.4. The molecule has 0 N–H and O–H groups in total. The smallest absolute Gasteiger partial charge is 0.238 e. The Morgan fingerprint density at radius 1 is 0.339 bits per heavy atom. The molecule has 62 heavy (non-hydrogen) atoms. The van der Waals surface area contributed by atoms with Crippen molar-refractivity contribution in [1.82, 2.24) is 24.1 Å². The summed E-state index contributed by atoms with van der Waals surface area (Å²) in [5.41, 5.74) is -6.39. The van der Waals surface area contributed by atoms with Crippen molar-refractivity contribution in [2.75, 3.05) is 0 Å². The molecule has 12 rings (SSSR count). The Hall–Kier alpha value is -8.41. The molecule has 0 aliphatic rings. The summed E-state index contributed by atoms with van der Waals surface area (Å²) in [7, 11) is 0. The molecule has 0 saturated heterocycles. The van der Waals surface area contributed by atoms with E-state index >= 15 is 0 Å². The molecule has 0 aliphatic carbocycles. The summed E-state index contributed by atoms with van der Waals surface area (Å²) in [6, 6.07) is -11.5. The third kappa shape index (κ3) is 5.90. The highest BCUT2D eigenvalue weighted by molar-refractivity contribution is 6.24. The lowest BCUT2D eigenvalue weighted by Crippen LogP contribution is -2.07. The molecule has 0 amide bonds. The van der Waals surface area contributed by atoms with E-state index in [9.17, 15) is 15.1 Å². The first-order valence-electron chi connectivity index (χ1n) is 32.7. The third-order valence-corrected chi connectivity index (χ3v) is 10.1. The summed E-state index contributed by atoms with van der Waals surface area (Å²) in [5.74, 6) is -1.73. The van der Waals surface area contributed by atoms with Crippen molar-refractivity contribution >= 4 is 43.6 Å². The van der Waals surface area contributed by atoms with Gasteiger partial charge in [0, 0.05) is 38.2 Å². The van der Waals surface area contributed by atoms with Crippen LogP contribution in [0.5, 0.6) is 0 Å². The topological polar surface area (TPSA) is 48.5 Å². The Morgan fingerprint density at radius 2 is 0.839 bits per heavy atom. The summed E-state index contributed by atoms with van der Waals surface area (Å²) >= 11 is 0. The van der Waals surface area contributed by atoms with E-state index in [1.165, 1.54) is 0 Å². The van der Waals surface area contributed by atoms with Gasteiger partial charge in [0.25, 0.3) is 0 Å². The van der Waals surface area contributed by atoms with E-state index in [0.717, 1.165) is 14.7 Å². The van der Waals surface area contributed by atoms with Gasteiger partial charge in [-0.25, -0.2) is 4.98 Å². The highest BCUT2D eigenvalue weighted by atomic mass is 15.2. The van der Waals surface area contributed by atoms with Crippen LogP contribution in [0.2, 0.25) is 0 Å². The summed E-state index contributed by atoms with van der Waals surface area (Å²) in [6.45, 7) is 0. The minimum atomic E-state index is -1.17. The van der Waals surface area contributed by atoms with Crippen molar-refractivity contribution in [1.29, 1.82) is 0 Å². The molecular formula is C57H37N5. The van der Waals surface area contributed by atoms with Crippen molar-refractivity contribution in [3.63, 3.8) is 0 Å². The fourth-order valence-corrected chi connectivity index (χ4v) is 7.36. The molecule has 5 heteroatoms. The Labute approximate surface area is 397 Å². The lowest BCUT2D eigenvalue weighted by atomic mass is 9.98.